The lowest BCUT2D eigenvalue weighted by Gasteiger charge is -2.20. The van der Waals surface area contributed by atoms with Gasteiger partial charge in [-0.1, -0.05) is 0 Å². The Hall–Kier alpha value is -4.54. The number of anilines is 2. The molecule has 0 spiro atoms. The number of benzene rings is 1. The Labute approximate surface area is 181 Å². The van der Waals surface area contributed by atoms with Crippen LogP contribution in [0, 0.1) is 23.0 Å². The molecule has 3 aromatic heterocycles. The summed E-state index contributed by atoms with van der Waals surface area (Å²) in [5, 5.41) is 18.2. The fraction of sp³-hybridized carbons (Fsp3) is 0.158. The number of H-pyrrole nitrogens is 1. The number of nitrogen functional groups attached to an aromatic ring is 1. The van der Waals surface area contributed by atoms with Crippen LogP contribution in [0.25, 0.3) is 16.7 Å². The average molecular weight is 459 g/mol. The number of nitriles is 1. The molecule has 33 heavy (non-hydrogen) atoms. The number of aromatic nitrogens is 6. The summed E-state index contributed by atoms with van der Waals surface area (Å²) in [6.45, 7) is 1.46. The molecule has 0 fully saturated rings. The number of hydrogen-bond acceptors (Lipinski definition) is 8. The second-order valence-corrected chi connectivity index (χ2v) is 6.80. The van der Waals surface area contributed by atoms with Crippen LogP contribution < -0.4 is 16.6 Å². The summed E-state index contributed by atoms with van der Waals surface area (Å²) in [6.07, 6.45) is -1.70. The topological polar surface area (TPSA) is 151 Å². The van der Waals surface area contributed by atoms with Gasteiger partial charge in [-0.2, -0.15) is 15.3 Å². The lowest BCUT2D eigenvalue weighted by atomic mass is 10.2. The third-order valence-electron chi connectivity index (χ3n) is 4.65. The number of halogens is 4. The van der Waals surface area contributed by atoms with Gasteiger partial charge in [-0.05, 0) is 13.0 Å². The van der Waals surface area contributed by atoms with Gasteiger partial charge >= 0.3 is 0 Å². The van der Waals surface area contributed by atoms with Crippen LogP contribution in [-0.4, -0.2) is 29.7 Å². The van der Waals surface area contributed by atoms with E-state index in [0.29, 0.717) is 6.07 Å². The molecule has 0 unspecified atom stereocenters. The van der Waals surface area contributed by atoms with Crippen molar-refractivity contribution in [2.24, 2.45) is 0 Å². The Morgan fingerprint density at radius 2 is 2.00 bits per heavy atom. The Morgan fingerprint density at radius 3 is 2.64 bits per heavy atom. The molecule has 168 valence electrons. The predicted molar refractivity (Wildman–Crippen MR) is 108 cm³/mol. The summed E-state index contributed by atoms with van der Waals surface area (Å²) in [5.74, 6) is -2.97. The van der Waals surface area contributed by atoms with Crippen LogP contribution in [-0.2, 0) is 0 Å². The maximum absolute atomic E-state index is 14.4. The smallest absolute Gasteiger partial charge is 0.281 e. The zero-order valence-corrected chi connectivity index (χ0v) is 16.6. The van der Waals surface area contributed by atoms with Crippen LogP contribution in [0.3, 0.4) is 0 Å². The van der Waals surface area contributed by atoms with Crippen LogP contribution >= 0.6 is 0 Å². The molecule has 0 amide bonds. The number of alkyl halides is 2. The van der Waals surface area contributed by atoms with Gasteiger partial charge in [0.05, 0.1) is 11.4 Å². The van der Waals surface area contributed by atoms with E-state index in [1.165, 1.54) is 19.2 Å². The Kier molecular flexibility index (Phi) is 5.38. The number of aromatic amines is 1. The van der Waals surface area contributed by atoms with Crippen molar-refractivity contribution < 1.29 is 17.6 Å². The quantitative estimate of drug-likeness (QED) is 0.386. The maximum Gasteiger partial charge on any atom is 0.281 e. The number of hydrogen-bond donors (Lipinski definition) is 3. The number of fused-ring (bicyclic) bond motifs is 1. The largest absolute Gasteiger partial charge is 0.368 e. The number of nitrogens with one attached hydrogen (secondary N) is 2. The summed E-state index contributed by atoms with van der Waals surface area (Å²) in [4.78, 5) is 24.5. The second kappa shape index (κ2) is 8.19. The van der Waals surface area contributed by atoms with Crippen molar-refractivity contribution in [3.05, 3.63) is 63.5 Å². The number of nitrogens with zero attached hydrogens (tertiary/aromatic N) is 6. The van der Waals surface area contributed by atoms with Crippen LogP contribution in [0.5, 0.6) is 0 Å². The minimum Gasteiger partial charge on any atom is -0.368 e. The fourth-order valence-electron chi connectivity index (χ4n) is 3.26. The van der Waals surface area contributed by atoms with Gasteiger partial charge in [-0.3, -0.25) is 9.89 Å². The van der Waals surface area contributed by atoms with E-state index in [2.05, 4.69) is 30.5 Å². The zero-order valence-electron chi connectivity index (χ0n) is 16.6. The highest BCUT2D eigenvalue weighted by Gasteiger charge is 2.25. The number of rotatable bonds is 5. The minimum absolute atomic E-state index is 0.0543. The normalized spacial score (nSPS) is 12.2. The Morgan fingerprint density at radius 1 is 1.24 bits per heavy atom. The van der Waals surface area contributed by atoms with Gasteiger partial charge in [0.15, 0.2) is 17.5 Å². The van der Waals surface area contributed by atoms with Crippen LogP contribution in [0.15, 0.2) is 29.2 Å². The Balaban J connectivity index is 1.93. The molecule has 14 heteroatoms. The summed E-state index contributed by atoms with van der Waals surface area (Å²) >= 11 is 0. The molecule has 4 rings (SSSR count). The van der Waals surface area contributed by atoms with Gasteiger partial charge in [0.2, 0.25) is 5.95 Å². The van der Waals surface area contributed by atoms with Crippen molar-refractivity contribution >= 4 is 22.7 Å². The van der Waals surface area contributed by atoms with Crippen molar-refractivity contribution in [2.45, 2.75) is 19.4 Å². The first-order chi connectivity index (χ1) is 15.7. The molecule has 3 heterocycles. The lowest BCUT2D eigenvalue weighted by molar-refractivity contribution is 0.146. The molecule has 0 saturated heterocycles. The fourth-order valence-corrected chi connectivity index (χ4v) is 3.26. The third kappa shape index (κ3) is 3.80. The van der Waals surface area contributed by atoms with Gasteiger partial charge in [-0.15, -0.1) is 0 Å². The zero-order chi connectivity index (χ0) is 23.9. The minimum atomic E-state index is -3.11. The van der Waals surface area contributed by atoms with E-state index in [1.807, 2.05) is 0 Å². The van der Waals surface area contributed by atoms with E-state index in [-0.39, 0.29) is 22.8 Å². The first-order valence-corrected chi connectivity index (χ1v) is 9.25. The third-order valence-corrected chi connectivity index (χ3v) is 4.65. The van der Waals surface area contributed by atoms with E-state index < -0.39 is 52.4 Å². The standard InChI is InChI=1S/C19H13F4N9O/c1-7(27-16-10(6-24)14(15(22)23)29-19(25)30-16)17-28-13-9(4-8(20)5-11(13)21)18(33)32(17)12-2-3-26-31-12/h2-5,7,15H,1H3,(H,26,31)(H3,25,27,29,30)/t7-/m0/s1. The molecule has 0 aliphatic heterocycles. The highest BCUT2D eigenvalue weighted by atomic mass is 19.3. The highest BCUT2D eigenvalue weighted by molar-refractivity contribution is 5.78. The van der Waals surface area contributed by atoms with Crippen molar-refractivity contribution in [3.63, 3.8) is 0 Å². The maximum atomic E-state index is 14.4. The molecule has 0 radical (unpaired) electrons. The van der Waals surface area contributed by atoms with Crippen molar-refractivity contribution in [1.82, 2.24) is 29.7 Å². The van der Waals surface area contributed by atoms with E-state index in [1.54, 1.807) is 6.07 Å². The molecule has 10 nitrogen and oxygen atoms in total. The van der Waals surface area contributed by atoms with E-state index >= 15 is 0 Å². The van der Waals surface area contributed by atoms with Crippen LogP contribution in [0.2, 0.25) is 0 Å². The number of nitrogens with two attached hydrogens (primary N) is 1. The van der Waals surface area contributed by atoms with Crippen molar-refractivity contribution in [2.75, 3.05) is 11.1 Å². The molecule has 4 N–H and O–H groups in total. The summed E-state index contributed by atoms with van der Waals surface area (Å²) in [7, 11) is 0. The molecule has 0 saturated carbocycles. The van der Waals surface area contributed by atoms with Crippen LogP contribution in [0.4, 0.5) is 29.3 Å². The first kappa shape index (κ1) is 21.7. The lowest BCUT2D eigenvalue weighted by Crippen LogP contribution is -2.28. The van der Waals surface area contributed by atoms with E-state index in [9.17, 15) is 27.6 Å². The Bertz CT molecular complexity index is 1460. The van der Waals surface area contributed by atoms with E-state index in [0.717, 1.165) is 10.6 Å². The summed E-state index contributed by atoms with van der Waals surface area (Å²) in [5.41, 5.74) is 2.82. The van der Waals surface area contributed by atoms with Gasteiger partial charge in [-0.25, -0.2) is 32.1 Å². The summed E-state index contributed by atoms with van der Waals surface area (Å²) in [6, 6.07) is 3.41. The van der Waals surface area contributed by atoms with Crippen LogP contribution in [0.1, 0.15) is 36.5 Å². The second-order valence-electron chi connectivity index (χ2n) is 6.80. The molecule has 0 bridgehead atoms. The van der Waals surface area contributed by atoms with Gasteiger partial charge in [0.1, 0.15) is 34.5 Å². The van der Waals surface area contributed by atoms with Crippen molar-refractivity contribution in [1.29, 1.82) is 5.26 Å². The molecule has 4 aromatic rings. The monoisotopic (exact) mass is 459 g/mol. The van der Waals surface area contributed by atoms with Crippen molar-refractivity contribution in [3.8, 4) is 11.9 Å². The molecule has 1 atom stereocenters. The van der Waals surface area contributed by atoms with Gasteiger partial charge < -0.3 is 11.1 Å². The molecule has 0 aliphatic rings. The predicted octanol–water partition coefficient (Wildman–Crippen LogP) is 2.74. The molecular formula is C19H13F4N9O. The first-order valence-electron chi connectivity index (χ1n) is 9.25. The summed E-state index contributed by atoms with van der Waals surface area (Å²) < 4.78 is 55.8. The molecular weight excluding hydrogens is 446 g/mol. The van der Waals surface area contributed by atoms with Gasteiger partial charge in [0, 0.05) is 18.3 Å². The van der Waals surface area contributed by atoms with E-state index in [4.69, 9.17) is 5.73 Å². The average Bonchev–Trinajstić information content (AvgIpc) is 3.28. The van der Waals surface area contributed by atoms with Gasteiger partial charge in [0.25, 0.3) is 12.0 Å². The molecule has 0 aliphatic carbocycles. The highest BCUT2D eigenvalue weighted by Crippen LogP contribution is 2.29. The molecule has 1 aromatic carbocycles. The SMILES string of the molecule is C[C@H](Nc1nc(N)nc(C(F)F)c1C#N)c1nc2c(F)cc(F)cc2c(=O)n1-c1cc[nH]n1.